The predicted octanol–water partition coefficient (Wildman–Crippen LogP) is 1.82. The first-order valence-electron chi connectivity index (χ1n) is 7.40. The Morgan fingerprint density at radius 2 is 2.19 bits per heavy atom. The molecule has 0 aliphatic carbocycles. The summed E-state index contributed by atoms with van der Waals surface area (Å²) in [5.41, 5.74) is 0. The normalized spacial score (nSPS) is 23.2. The summed E-state index contributed by atoms with van der Waals surface area (Å²) in [4.78, 5) is 28.4. The zero-order valence-electron chi connectivity index (χ0n) is 11.9. The van der Waals surface area contributed by atoms with Gasteiger partial charge in [0, 0.05) is 24.5 Å². The Morgan fingerprint density at radius 3 is 2.86 bits per heavy atom. The molecule has 0 spiro atoms. The fourth-order valence-corrected chi connectivity index (χ4v) is 4.18. The SMILES string of the molecule is O=C(O)CC1CN(CC(=O)N2CCCC2c2cccs2)C1. The van der Waals surface area contributed by atoms with Crippen molar-refractivity contribution in [3.63, 3.8) is 0 Å². The van der Waals surface area contributed by atoms with Crippen molar-refractivity contribution in [2.75, 3.05) is 26.2 Å². The van der Waals surface area contributed by atoms with Gasteiger partial charge in [-0.3, -0.25) is 14.5 Å². The number of aliphatic carboxylic acids is 1. The van der Waals surface area contributed by atoms with Crippen LogP contribution >= 0.6 is 11.3 Å². The molecular formula is C15H20N2O3S. The van der Waals surface area contributed by atoms with Crippen LogP contribution in [0.1, 0.15) is 30.2 Å². The van der Waals surface area contributed by atoms with Gasteiger partial charge >= 0.3 is 5.97 Å². The van der Waals surface area contributed by atoms with Crippen LogP contribution in [0.2, 0.25) is 0 Å². The van der Waals surface area contributed by atoms with E-state index in [4.69, 9.17) is 5.11 Å². The lowest BCUT2D eigenvalue weighted by molar-refractivity contribution is -0.140. The third-order valence-corrected chi connectivity index (χ3v) is 5.27. The van der Waals surface area contributed by atoms with Crippen LogP contribution in [0.25, 0.3) is 0 Å². The fraction of sp³-hybridized carbons (Fsp3) is 0.600. The Kier molecular flexibility index (Phi) is 4.26. The molecular weight excluding hydrogens is 288 g/mol. The van der Waals surface area contributed by atoms with Gasteiger partial charge in [-0.05, 0) is 30.2 Å². The van der Waals surface area contributed by atoms with Gasteiger partial charge in [0.1, 0.15) is 0 Å². The van der Waals surface area contributed by atoms with E-state index < -0.39 is 5.97 Å². The molecule has 1 N–H and O–H groups in total. The number of hydrogen-bond acceptors (Lipinski definition) is 4. The molecule has 0 bridgehead atoms. The molecule has 3 rings (SSSR count). The highest BCUT2D eigenvalue weighted by Gasteiger charge is 2.34. The maximum absolute atomic E-state index is 12.5. The smallest absolute Gasteiger partial charge is 0.303 e. The molecule has 2 aliphatic rings. The molecule has 1 atom stereocenters. The van der Waals surface area contributed by atoms with Crippen LogP contribution in [0.3, 0.4) is 0 Å². The van der Waals surface area contributed by atoms with Gasteiger partial charge in [-0.1, -0.05) is 6.07 Å². The molecule has 0 aromatic carbocycles. The average Bonchev–Trinajstić information content (AvgIpc) is 3.05. The number of nitrogens with zero attached hydrogens (tertiary/aromatic N) is 2. The summed E-state index contributed by atoms with van der Waals surface area (Å²) in [5, 5.41) is 10.8. The number of carboxylic acids is 1. The number of carbonyl (C=O) groups excluding carboxylic acids is 1. The van der Waals surface area contributed by atoms with Crippen molar-refractivity contribution in [1.29, 1.82) is 0 Å². The number of carbonyl (C=O) groups is 2. The van der Waals surface area contributed by atoms with Crippen molar-refractivity contribution in [2.45, 2.75) is 25.3 Å². The van der Waals surface area contributed by atoms with Gasteiger partial charge in [-0.2, -0.15) is 0 Å². The molecule has 1 unspecified atom stereocenters. The lowest BCUT2D eigenvalue weighted by atomic mass is 9.96. The van der Waals surface area contributed by atoms with Gasteiger partial charge < -0.3 is 10.0 Å². The van der Waals surface area contributed by atoms with Crippen LogP contribution in [0.4, 0.5) is 0 Å². The quantitative estimate of drug-likeness (QED) is 0.901. The topological polar surface area (TPSA) is 60.9 Å². The minimum absolute atomic E-state index is 0.180. The Balaban J connectivity index is 1.51. The first-order chi connectivity index (χ1) is 10.1. The van der Waals surface area contributed by atoms with E-state index in [2.05, 4.69) is 16.3 Å². The summed E-state index contributed by atoms with van der Waals surface area (Å²) >= 11 is 1.71. The van der Waals surface area contributed by atoms with E-state index in [0.717, 1.165) is 32.5 Å². The summed E-state index contributed by atoms with van der Waals surface area (Å²) in [6.45, 7) is 2.73. The maximum atomic E-state index is 12.5. The van der Waals surface area contributed by atoms with Gasteiger partial charge in [-0.25, -0.2) is 0 Å². The average molecular weight is 308 g/mol. The van der Waals surface area contributed by atoms with Crippen LogP contribution in [0.5, 0.6) is 0 Å². The van der Waals surface area contributed by atoms with Gasteiger partial charge in [0.15, 0.2) is 0 Å². The van der Waals surface area contributed by atoms with Crippen molar-refractivity contribution < 1.29 is 14.7 Å². The summed E-state index contributed by atoms with van der Waals surface area (Å²) in [5.74, 6) is -0.357. The van der Waals surface area contributed by atoms with Crippen LogP contribution in [-0.4, -0.2) is 53.0 Å². The predicted molar refractivity (Wildman–Crippen MR) is 80.2 cm³/mol. The number of amides is 1. The Bertz CT molecular complexity index is 511. The van der Waals surface area contributed by atoms with E-state index >= 15 is 0 Å². The summed E-state index contributed by atoms with van der Waals surface area (Å²) < 4.78 is 0. The van der Waals surface area contributed by atoms with Gasteiger partial charge in [0.2, 0.25) is 5.91 Å². The highest BCUT2D eigenvalue weighted by molar-refractivity contribution is 7.10. The van der Waals surface area contributed by atoms with Gasteiger partial charge in [0.05, 0.1) is 19.0 Å². The van der Waals surface area contributed by atoms with Crippen LogP contribution in [0.15, 0.2) is 17.5 Å². The molecule has 2 aliphatic heterocycles. The second-order valence-electron chi connectivity index (χ2n) is 5.92. The second-order valence-corrected chi connectivity index (χ2v) is 6.90. The highest BCUT2D eigenvalue weighted by atomic mass is 32.1. The van der Waals surface area contributed by atoms with Crippen molar-refractivity contribution in [2.24, 2.45) is 5.92 Å². The summed E-state index contributed by atoms with van der Waals surface area (Å²) in [7, 11) is 0. The van der Waals surface area contributed by atoms with Gasteiger partial charge in [-0.15, -0.1) is 11.3 Å². The zero-order valence-corrected chi connectivity index (χ0v) is 12.7. The van der Waals surface area contributed by atoms with E-state index in [1.807, 2.05) is 11.0 Å². The largest absolute Gasteiger partial charge is 0.481 e. The molecule has 1 aromatic rings. The lowest BCUT2D eigenvalue weighted by Crippen LogP contribution is -2.51. The van der Waals surface area contributed by atoms with Gasteiger partial charge in [0.25, 0.3) is 0 Å². The van der Waals surface area contributed by atoms with E-state index in [1.54, 1.807) is 11.3 Å². The summed E-state index contributed by atoms with van der Waals surface area (Å²) in [6, 6.07) is 4.38. The van der Waals surface area contributed by atoms with E-state index in [1.165, 1.54) is 4.88 Å². The van der Waals surface area contributed by atoms with Crippen molar-refractivity contribution in [3.05, 3.63) is 22.4 Å². The Morgan fingerprint density at radius 1 is 1.38 bits per heavy atom. The van der Waals surface area contributed by atoms with Crippen molar-refractivity contribution in [1.82, 2.24) is 9.80 Å². The molecule has 1 aromatic heterocycles. The minimum atomic E-state index is -0.747. The lowest BCUT2D eigenvalue weighted by Gasteiger charge is -2.39. The number of likely N-dealkylation sites (tertiary alicyclic amines) is 2. The highest BCUT2D eigenvalue weighted by Crippen LogP contribution is 2.34. The number of carboxylic acid groups (broad SMARTS) is 1. The monoisotopic (exact) mass is 308 g/mol. The van der Waals surface area contributed by atoms with Crippen molar-refractivity contribution in [3.8, 4) is 0 Å². The fourth-order valence-electron chi connectivity index (χ4n) is 3.31. The molecule has 3 heterocycles. The van der Waals surface area contributed by atoms with Crippen LogP contribution in [0, 0.1) is 5.92 Å². The number of rotatable bonds is 5. The summed E-state index contributed by atoms with van der Waals surface area (Å²) in [6.07, 6.45) is 2.33. The zero-order chi connectivity index (χ0) is 14.8. The molecule has 21 heavy (non-hydrogen) atoms. The second kappa shape index (κ2) is 6.15. The van der Waals surface area contributed by atoms with Crippen LogP contribution < -0.4 is 0 Å². The van der Waals surface area contributed by atoms with E-state index in [-0.39, 0.29) is 24.3 Å². The maximum Gasteiger partial charge on any atom is 0.303 e. The molecule has 6 heteroatoms. The number of thiophene rings is 1. The molecule has 5 nitrogen and oxygen atoms in total. The standard InChI is InChI=1S/C15H20N2O3S/c18-14(10-16-8-11(9-16)7-15(19)20)17-5-1-3-12(17)13-4-2-6-21-13/h2,4,6,11-12H,1,3,5,7-10H2,(H,19,20). The molecule has 0 saturated carbocycles. The minimum Gasteiger partial charge on any atom is -0.481 e. The van der Waals surface area contributed by atoms with E-state index in [9.17, 15) is 9.59 Å². The first kappa shape index (κ1) is 14.5. The van der Waals surface area contributed by atoms with Crippen molar-refractivity contribution >= 4 is 23.2 Å². The molecule has 1 amide bonds. The van der Waals surface area contributed by atoms with Crippen LogP contribution in [-0.2, 0) is 9.59 Å². The number of hydrogen-bond donors (Lipinski definition) is 1. The Labute approximate surface area is 128 Å². The van der Waals surface area contributed by atoms with E-state index in [0.29, 0.717) is 6.54 Å². The molecule has 0 radical (unpaired) electrons. The molecule has 114 valence electrons. The molecule has 2 saturated heterocycles. The third kappa shape index (κ3) is 3.27. The Hall–Kier alpha value is -1.40. The molecule has 2 fully saturated rings. The third-order valence-electron chi connectivity index (χ3n) is 4.30. The first-order valence-corrected chi connectivity index (χ1v) is 8.28.